The fraction of sp³-hybridized carbons (Fsp3) is 0.917. The highest BCUT2D eigenvalue weighted by atomic mass is 16.5. The third kappa shape index (κ3) is 5.48. The predicted octanol–water partition coefficient (Wildman–Crippen LogP) is 0.833. The Kier molecular flexibility index (Phi) is 5.88. The van der Waals surface area contributed by atoms with Crippen molar-refractivity contribution in [2.75, 3.05) is 32.8 Å². The van der Waals surface area contributed by atoms with Crippen molar-refractivity contribution in [3.8, 4) is 0 Å². The number of rotatable bonds is 6. The third-order valence-electron chi connectivity index (χ3n) is 2.73. The van der Waals surface area contributed by atoms with Gasteiger partial charge < -0.3 is 14.6 Å². The Bertz CT molecular complexity index is 245. The molecule has 5 heteroatoms. The van der Waals surface area contributed by atoms with Crippen molar-refractivity contribution in [2.45, 2.75) is 33.0 Å². The molecule has 0 spiro atoms. The van der Waals surface area contributed by atoms with Gasteiger partial charge in [-0.1, -0.05) is 13.8 Å². The van der Waals surface area contributed by atoms with Gasteiger partial charge in [0.2, 0.25) is 0 Å². The first kappa shape index (κ1) is 14.4. The van der Waals surface area contributed by atoms with Crippen molar-refractivity contribution < 1.29 is 19.4 Å². The predicted molar refractivity (Wildman–Crippen MR) is 64.1 cm³/mol. The number of carboxylic acids is 1. The Morgan fingerprint density at radius 3 is 2.82 bits per heavy atom. The zero-order valence-electron chi connectivity index (χ0n) is 10.9. The molecule has 0 aromatic rings. The monoisotopic (exact) mass is 245 g/mol. The molecule has 1 heterocycles. The molecule has 1 N–H and O–H groups in total. The fourth-order valence-electron chi connectivity index (χ4n) is 1.89. The van der Waals surface area contributed by atoms with Crippen LogP contribution in [-0.2, 0) is 14.3 Å². The summed E-state index contributed by atoms with van der Waals surface area (Å²) in [5, 5.41) is 8.71. The number of morpholine rings is 1. The molecule has 1 aliphatic heterocycles. The maximum absolute atomic E-state index is 10.6. The lowest BCUT2D eigenvalue weighted by Crippen LogP contribution is -2.46. The summed E-state index contributed by atoms with van der Waals surface area (Å²) in [6, 6.07) is 0. The molecule has 0 saturated carbocycles. The molecular weight excluding hydrogens is 222 g/mol. The highest BCUT2D eigenvalue weighted by Crippen LogP contribution is 2.09. The number of hydrogen-bond donors (Lipinski definition) is 1. The molecule has 17 heavy (non-hydrogen) atoms. The standard InChI is InChI=1S/C12H23NO4/c1-9(2)6-13-4-5-16-11(7-13)8-17-10(3)12(14)15/h9-11H,4-8H2,1-3H3,(H,14,15)/t10-,11?/m1/s1. The molecule has 0 amide bonds. The molecule has 100 valence electrons. The van der Waals surface area contributed by atoms with Crippen LogP contribution in [0.25, 0.3) is 0 Å². The van der Waals surface area contributed by atoms with E-state index in [2.05, 4.69) is 18.7 Å². The van der Waals surface area contributed by atoms with Gasteiger partial charge in [-0.3, -0.25) is 4.90 Å². The van der Waals surface area contributed by atoms with E-state index < -0.39 is 12.1 Å². The van der Waals surface area contributed by atoms with Gasteiger partial charge in [0.1, 0.15) is 0 Å². The average molecular weight is 245 g/mol. The Labute approximate surface area is 103 Å². The van der Waals surface area contributed by atoms with Crippen LogP contribution in [0, 0.1) is 5.92 Å². The molecule has 0 radical (unpaired) electrons. The Morgan fingerprint density at radius 1 is 1.53 bits per heavy atom. The van der Waals surface area contributed by atoms with Crippen LogP contribution in [0.15, 0.2) is 0 Å². The summed E-state index contributed by atoms with van der Waals surface area (Å²) in [5.41, 5.74) is 0. The maximum Gasteiger partial charge on any atom is 0.332 e. The summed E-state index contributed by atoms with van der Waals surface area (Å²) in [7, 11) is 0. The van der Waals surface area contributed by atoms with Crippen molar-refractivity contribution in [3.05, 3.63) is 0 Å². The van der Waals surface area contributed by atoms with E-state index in [-0.39, 0.29) is 6.10 Å². The van der Waals surface area contributed by atoms with Gasteiger partial charge in [0.25, 0.3) is 0 Å². The summed E-state index contributed by atoms with van der Waals surface area (Å²) in [6.07, 6.45) is -0.775. The summed E-state index contributed by atoms with van der Waals surface area (Å²) in [5.74, 6) is -0.299. The normalized spacial score (nSPS) is 23.9. The zero-order chi connectivity index (χ0) is 12.8. The molecule has 0 aromatic carbocycles. The fourth-order valence-corrected chi connectivity index (χ4v) is 1.89. The molecule has 1 aliphatic rings. The van der Waals surface area contributed by atoms with Crippen molar-refractivity contribution in [1.82, 2.24) is 4.90 Å². The van der Waals surface area contributed by atoms with Gasteiger partial charge >= 0.3 is 5.97 Å². The third-order valence-corrected chi connectivity index (χ3v) is 2.73. The number of hydrogen-bond acceptors (Lipinski definition) is 4. The minimum Gasteiger partial charge on any atom is -0.479 e. The van der Waals surface area contributed by atoms with Gasteiger partial charge in [-0.2, -0.15) is 0 Å². The second-order valence-electron chi connectivity index (χ2n) is 4.96. The smallest absolute Gasteiger partial charge is 0.332 e. The average Bonchev–Trinajstić information content (AvgIpc) is 2.25. The van der Waals surface area contributed by atoms with Crippen LogP contribution in [-0.4, -0.2) is 61.0 Å². The van der Waals surface area contributed by atoms with Gasteiger partial charge in [0.15, 0.2) is 6.10 Å². The van der Waals surface area contributed by atoms with Crippen LogP contribution in [0.4, 0.5) is 0 Å². The first-order valence-corrected chi connectivity index (χ1v) is 6.17. The topological polar surface area (TPSA) is 59.0 Å². The minimum atomic E-state index is -0.931. The van der Waals surface area contributed by atoms with Crippen molar-refractivity contribution in [1.29, 1.82) is 0 Å². The minimum absolute atomic E-state index is 0.00991. The number of ether oxygens (including phenoxy) is 2. The molecular formula is C12H23NO4. The van der Waals surface area contributed by atoms with Crippen LogP contribution in [0.5, 0.6) is 0 Å². The van der Waals surface area contributed by atoms with Gasteiger partial charge in [0.05, 0.1) is 19.3 Å². The highest BCUT2D eigenvalue weighted by molar-refractivity contribution is 5.71. The van der Waals surface area contributed by atoms with Gasteiger partial charge in [-0.25, -0.2) is 4.79 Å². The largest absolute Gasteiger partial charge is 0.479 e. The van der Waals surface area contributed by atoms with Crippen LogP contribution in [0.3, 0.4) is 0 Å². The highest BCUT2D eigenvalue weighted by Gasteiger charge is 2.22. The van der Waals surface area contributed by atoms with Crippen LogP contribution in [0.1, 0.15) is 20.8 Å². The second-order valence-corrected chi connectivity index (χ2v) is 4.96. The van der Waals surface area contributed by atoms with E-state index in [0.717, 1.165) is 19.6 Å². The van der Waals surface area contributed by atoms with Crippen LogP contribution >= 0.6 is 0 Å². The van der Waals surface area contributed by atoms with Gasteiger partial charge in [-0.05, 0) is 12.8 Å². The Hall–Kier alpha value is -0.650. The van der Waals surface area contributed by atoms with Crippen molar-refractivity contribution in [3.63, 3.8) is 0 Å². The van der Waals surface area contributed by atoms with Crippen LogP contribution in [0.2, 0.25) is 0 Å². The second kappa shape index (κ2) is 6.93. The lowest BCUT2D eigenvalue weighted by atomic mass is 10.2. The molecule has 1 rings (SSSR count). The van der Waals surface area contributed by atoms with E-state index in [9.17, 15) is 4.79 Å². The lowest BCUT2D eigenvalue weighted by Gasteiger charge is -2.33. The van der Waals surface area contributed by atoms with E-state index in [1.807, 2.05) is 0 Å². The molecule has 5 nitrogen and oxygen atoms in total. The van der Waals surface area contributed by atoms with Gasteiger partial charge in [0, 0.05) is 19.6 Å². The summed E-state index contributed by atoms with van der Waals surface area (Å²) in [6.45, 7) is 9.78. The molecule has 0 aliphatic carbocycles. The number of carbonyl (C=O) groups is 1. The number of carboxylic acid groups (broad SMARTS) is 1. The number of aliphatic carboxylic acids is 1. The molecule has 1 fully saturated rings. The van der Waals surface area contributed by atoms with E-state index in [0.29, 0.717) is 19.1 Å². The van der Waals surface area contributed by atoms with E-state index in [1.165, 1.54) is 6.92 Å². The molecule has 1 saturated heterocycles. The zero-order valence-corrected chi connectivity index (χ0v) is 10.9. The quantitative estimate of drug-likeness (QED) is 0.751. The summed E-state index contributed by atoms with van der Waals surface area (Å²) >= 11 is 0. The maximum atomic E-state index is 10.6. The number of nitrogens with zero attached hydrogens (tertiary/aromatic N) is 1. The molecule has 1 unspecified atom stereocenters. The first-order chi connectivity index (χ1) is 7.99. The van der Waals surface area contributed by atoms with Crippen molar-refractivity contribution in [2.24, 2.45) is 5.92 Å². The SMILES string of the molecule is CC(C)CN1CCOC(CO[C@H](C)C(=O)O)C1. The van der Waals surface area contributed by atoms with E-state index in [1.54, 1.807) is 0 Å². The van der Waals surface area contributed by atoms with Gasteiger partial charge in [-0.15, -0.1) is 0 Å². The summed E-state index contributed by atoms with van der Waals surface area (Å²) in [4.78, 5) is 12.9. The van der Waals surface area contributed by atoms with Crippen molar-refractivity contribution >= 4 is 5.97 Å². The van der Waals surface area contributed by atoms with E-state index >= 15 is 0 Å². The molecule has 2 atom stereocenters. The molecule has 0 aromatic heterocycles. The first-order valence-electron chi connectivity index (χ1n) is 6.17. The Balaban J connectivity index is 2.27. The van der Waals surface area contributed by atoms with Crippen LogP contribution < -0.4 is 0 Å². The Morgan fingerprint density at radius 2 is 2.24 bits per heavy atom. The summed E-state index contributed by atoms with van der Waals surface area (Å²) < 4.78 is 10.8. The molecule has 0 bridgehead atoms. The van der Waals surface area contributed by atoms with E-state index in [4.69, 9.17) is 14.6 Å². The lowest BCUT2D eigenvalue weighted by molar-refractivity contribution is -0.153.